The molecule has 7 aromatic rings. The van der Waals surface area contributed by atoms with Gasteiger partial charge < -0.3 is 0 Å². The van der Waals surface area contributed by atoms with Crippen molar-refractivity contribution in [3.8, 4) is 11.5 Å². The first-order valence-electron chi connectivity index (χ1n) is 16.2. The molecule has 0 aliphatic heterocycles. The summed E-state index contributed by atoms with van der Waals surface area (Å²) in [5.74, 6) is 0.232. The molecule has 0 bridgehead atoms. The Bertz CT molecular complexity index is 2350. The summed E-state index contributed by atoms with van der Waals surface area (Å²) in [6.45, 7) is 13.7. The van der Waals surface area contributed by atoms with Crippen LogP contribution >= 0.6 is 0 Å². The van der Waals surface area contributed by atoms with Crippen LogP contribution in [-0.2, 0) is 37.2 Å². The quantitative estimate of drug-likeness (QED) is 0.173. The van der Waals surface area contributed by atoms with Gasteiger partial charge in [0.15, 0.2) is 0 Å². The number of pyridine rings is 1. The second-order valence-corrected chi connectivity index (χ2v) is 15.5. The van der Waals surface area contributed by atoms with Gasteiger partial charge in [-0.15, -0.1) is 0 Å². The van der Waals surface area contributed by atoms with Crippen LogP contribution in [0.25, 0.3) is 33.3 Å². The average molecular weight is 817 g/mol. The Kier molecular flexibility index (Phi) is 7.91. The van der Waals surface area contributed by atoms with E-state index in [4.69, 9.17) is 0 Å². The van der Waals surface area contributed by atoms with Crippen molar-refractivity contribution in [1.29, 1.82) is 0 Å². The van der Waals surface area contributed by atoms with Crippen LogP contribution in [-0.4, -0.2) is 18.7 Å². The predicted molar refractivity (Wildman–Crippen MR) is 192 cm³/mol. The molecule has 0 amide bonds. The molecule has 5 nitrogen and oxygen atoms in total. The summed E-state index contributed by atoms with van der Waals surface area (Å²) in [5.41, 5.74) is 8.50. The molecule has 0 saturated heterocycles. The summed E-state index contributed by atoms with van der Waals surface area (Å²) < 4.78 is 22.2. The zero-order valence-electron chi connectivity index (χ0n) is 28.4. The van der Waals surface area contributed by atoms with E-state index < -0.39 is 0 Å². The Morgan fingerprint density at radius 2 is 1.35 bits per heavy atom. The Balaban J connectivity index is 1.58. The van der Waals surface area contributed by atoms with Gasteiger partial charge in [0.25, 0.3) is 0 Å². The summed E-state index contributed by atoms with van der Waals surface area (Å²) in [6.07, 6.45) is 5.71. The molecule has 0 aliphatic rings. The normalized spacial score (nSPS) is 12.3. The Hall–Kier alpha value is -4.54. The van der Waals surface area contributed by atoms with Gasteiger partial charge in [-0.2, -0.15) is 0 Å². The third-order valence-corrected chi connectivity index (χ3v) is 10.3. The third-order valence-electron chi connectivity index (χ3n) is 8.99. The monoisotopic (exact) mass is 816 g/mol. The van der Waals surface area contributed by atoms with Gasteiger partial charge in [0.1, 0.15) is 5.82 Å². The molecule has 0 unspecified atom stereocenters. The number of para-hydroxylation sites is 2. The van der Waals surface area contributed by atoms with Crippen LogP contribution in [0.4, 0.5) is 21.5 Å². The molecule has 4 aromatic carbocycles. The van der Waals surface area contributed by atoms with Gasteiger partial charge in [0.2, 0.25) is 0 Å². The fraction of sp³-hybridized carbons (Fsp3) is 0.220. The van der Waals surface area contributed by atoms with Crippen molar-refractivity contribution in [3.63, 3.8) is 0 Å². The number of hydrogen-bond donors (Lipinski definition) is 0. The fourth-order valence-corrected chi connectivity index (χ4v) is 7.31. The molecule has 0 radical (unpaired) electrons. The van der Waals surface area contributed by atoms with E-state index in [1.165, 1.54) is 35.1 Å². The van der Waals surface area contributed by atoms with Crippen molar-refractivity contribution >= 4 is 38.9 Å². The molecule has 3 heterocycles. The number of imidazole rings is 1. The van der Waals surface area contributed by atoms with Crippen LogP contribution in [0.5, 0.6) is 0 Å². The minimum absolute atomic E-state index is 0.138. The predicted octanol–water partition coefficient (Wildman–Crippen LogP) is 10.6. The molecule has 0 atom stereocenters. The molecule has 0 aliphatic carbocycles. The van der Waals surface area contributed by atoms with Gasteiger partial charge in [0, 0.05) is 6.20 Å². The minimum atomic E-state index is -0.317. The van der Waals surface area contributed by atoms with E-state index in [1.54, 1.807) is 0 Å². The van der Waals surface area contributed by atoms with Crippen LogP contribution in [0.1, 0.15) is 52.7 Å². The van der Waals surface area contributed by atoms with Crippen LogP contribution < -0.4 is 4.90 Å². The molecular formula is C41H40FN5Pt. The van der Waals surface area contributed by atoms with Crippen molar-refractivity contribution in [1.82, 2.24) is 18.7 Å². The van der Waals surface area contributed by atoms with Gasteiger partial charge in [-0.25, -0.2) is 4.39 Å². The molecule has 3 aromatic heterocycles. The number of halogens is 1. The summed E-state index contributed by atoms with van der Waals surface area (Å²) in [6, 6.07) is 33.3. The number of fused-ring (bicyclic) bond motifs is 3. The second kappa shape index (κ2) is 11.9. The molecule has 7 heteroatoms. The topological polar surface area (TPSA) is 30.9 Å². The number of rotatable bonds is 5. The van der Waals surface area contributed by atoms with Gasteiger partial charge >= 0.3 is 259 Å². The van der Waals surface area contributed by atoms with Gasteiger partial charge in [-0.3, -0.25) is 0 Å². The molecule has 48 heavy (non-hydrogen) atoms. The van der Waals surface area contributed by atoms with Crippen molar-refractivity contribution in [2.24, 2.45) is 7.05 Å². The Morgan fingerprint density at radius 1 is 0.688 bits per heavy atom. The summed E-state index contributed by atoms with van der Waals surface area (Å²) in [4.78, 5) is 7.04. The maximum atomic E-state index is 14.7. The molecule has 0 spiro atoms. The SMILES string of the molecule is Cn1ccn(-c2cccc(N(c3ccc4c5ccccc5n(-c5cc(F)ccn5)c4c3)c3c(C(C)(C)C)cccc3C(C)(C)C)c2)[c]1=[Pt]. The van der Waals surface area contributed by atoms with Crippen LogP contribution in [0, 0.1) is 9.62 Å². The first-order valence-corrected chi connectivity index (χ1v) is 17.4. The van der Waals surface area contributed by atoms with E-state index in [-0.39, 0.29) is 16.6 Å². The van der Waals surface area contributed by atoms with E-state index in [0.717, 1.165) is 42.7 Å². The fourth-order valence-electron chi connectivity index (χ4n) is 6.68. The summed E-state index contributed by atoms with van der Waals surface area (Å²) in [7, 11) is 2.06. The van der Waals surface area contributed by atoms with Crippen molar-refractivity contribution in [2.45, 2.75) is 52.4 Å². The third kappa shape index (κ3) is 5.56. The van der Waals surface area contributed by atoms with E-state index in [9.17, 15) is 4.39 Å². The number of anilines is 3. The molecular weight excluding hydrogens is 777 g/mol. The Morgan fingerprint density at radius 3 is 2.02 bits per heavy atom. The van der Waals surface area contributed by atoms with E-state index in [0.29, 0.717) is 5.82 Å². The number of benzene rings is 4. The van der Waals surface area contributed by atoms with E-state index >= 15 is 0 Å². The van der Waals surface area contributed by atoms with Gasteiger partial charge in [-0.05, 0) is 6.07 Å². The first kappa shape index (κ1) is 32.0. The van der Waals surface area contributed by atoms with Gasteiger partial charge in [0.05, 0.1) is 0 Å². The zero-order chi connectivity index (χ0) is 34.0. The van der Waals surface area contributed by atoms with Gasteiger partial charge in [-0.1, -0.05) is 12.1 Å². The maximum absolute atomic E-state index is 14.7. The Labute approximate surface area is 292 Å². The zero-order valence-corrected chi connectivity index (χ0v) is 30.7. The van der Waals surface area contributed by atoms with Crippen molar-refractivity contribution in [3.05, 3.63) is 136 Å². The van der Waals surface area contributed by atoms with Crippen LogP contribution in [0.2, 0.25) is 0 Å². The molecule has 246 valence electrons. The summed E-state index contributed by atoms with van der Waals surface area (Å²) >= 11 is 2.37. The molecule has 7 rings (SSSR count). The van der Waals surface area contributed by atoms with E-state index in [1.807, 2.05) is 6.07 Å². The number of hydrogen-bond acceptors (Lipinski definition) is 2. The van der Waals surface area contributed by atoms with Crippen LogP contribution in [0.15, 0.2) is 116 Å². The molecule has 0 N–H and O–H groups in total. The number of aromatic nitrogens is 4. The molecule has 0 saturated carbocycles. The number of nitrogens with zero attached hydrogens (tertiary/aromatic N) is 5. The number of aryl methyl sites for hydroxylation is 1. The van der Waals surface area contributed by atoms with Crippen molar-refractivity contribution in [2.75, 3.05) is 4.90 Å². The average Bonchev–Trinajstić information content (AvgIpc) is 3.56. The molecule has 0 fully saturated rings. The second-order valence-electron chi connectivity index (χ2n) is 14.5. The van der Waals surface area contributed by atoms with Crippen molar-refractivity contribution < 1.29 is 23.7 Å². The summed E-state index contributed by atoms with van der Waals surface area (Å²) in [5, 5.41) is 2.18. The standard InChI is InChI=1S/C41H40FN5.Pt/c1-40(2,3)34-15-11-16-35(41(4,5)6)39(34)46(30-13-10-12-29(25-30)45-23-22-44(7)27-45)31-18-19-33-32-14-8-9-17-36(32)47(37(33)26-31)38-24-28(42)20-21-43-38;/h8-26H,1-7H3;. The van der Waals surface area contributed by atoms with E-state index in [2.05, 4.69) is 183 Å². The first-order chi connectivity index (χ1) is 22.8. The van der Waals surface area contributed by atoms with Crippen LogP contribution in [0.3, 0.4) is 0 Å².